The van der Waals surface area contributed by atoms with Crippen molar-refractivity contribution in [1.29, 1.82) is 0 Å². The van der Waals surface area contributed by atoms with Crippen LogP contribution in [-0.2, 0) is 13.1 Å². The molecule has 2 N–H and O–H groups in total. The molecule has 0 saturated carbocycles. The number of likely N-dealkylation sites (tertiary alicyclic amines) is 1. The van der Waals surface area contributed by atoms with Crippen LogP contribution in [0.15, 0.2) is 36.7 Å². The zero-order chi connectivity index (χ0) is 22.8. The molecule has 0 spiro atoms. The van der Waals surface area contributed by atoms with Crippen LogP contribution in [0.25, 0.3) is 11.3 Å². The second-order valence-electron chi connectivity index (χ2n) is 9.09. The number of rotatable bonds is 7. The topological polar surface area (TPSA) is 90.5 Å². The van der Waals surface area contributed by atoms with Crippen LogP contribution in [-0.4, -0.2) is 61.1 Å². The third-order valence-electron chi connectivity index (χ3n) is 6.79. The molecule has 174 valence electrons. The molecule has 4 heterocycles. The molecule has 33 heavy (non-hydrogen) atoms. The van der Waals surface area contributed by atoms with Crippen molar-refractivity contribution in [1.82, 2.24) is 24.6 Å². The highest BCUT2D eigenvalue weighted by Crippen LogP contribution is 2.39. The van der Waals surface area contributed by atoms with E-state index < -0.39 is 0 Å². The maximum atomic E-state index is 10.4. The first-order chi connectivity index (χ1) is 16.1. The minimum atomic E-state index is 0.0301. The number of hydrogen-bond acceptors (Lipinski definition) is 7. The van der Waals surface area contributed by atoms with Gasteiger partial charge in [0.15, 0.2) is 0 Å². The zero-order valence-electron chi connectivity index (χ0n) is 19.2. The minimum Gasteiger partial charge on any atom is -0.508 e. The molecule has 0 bridgehead atoms. The lowest BCUT2D eigenvalue weighted by atomic mass is 10.0. The predicted octanol–water partition coefficient (Wildman–Crippen LogP) is 3.28. The van der Waals surface area contributed by atoms with Crippen LogP contribution in [0.4, 0.5) is 5.95 Å². The quantitative estimate of drug-likeness (QED) is 0.573. The highest BCUT2D eigenvalue weighted by molar-refractivity contribution is 5.63. The van der Waals surface area contributed by atoms with Gasteiger partial charge in [0.25, 0.3) is 0 Å². The lowest BCUT2D eigenvalue weighted by Gasteiger charge is -2.27. The van der Waals surface area contributed by atoms with Crippen LogP contribution in [0.1, 0.15) is 48.5 Å². The summed E-state index contributed by atoms with van der Waals surface area (Å²) in [5, 5.41) is 24.7. The molecule has 5 rings (SSSR count). The van der Waals surface area contributed by atoms with E-state index in [9.17, 15) is 10.2 Å². The Morgan fingerprint density at radius 3 is 2.76 bits per heavy atom. The van der Waals surface area contributed by atoms with Crippen LogP contribution in [0.2, 0.25) is 0 Å². The molecule has 8 heteroatoms. The number of phenols is 1. The Morgan fingerprint density at radius 1 is 1.09 bits per heavy atom. The van der Waals surface area contributed by atoms with E-state index in [-0.39, 0.29) is 12.6 Å². The van der Waals surface area contributed by atoms with Gasteiger partial charge in [0.1, 0.15) is 5.75 Å². The molecular formula is C25H32N6O2. The number of phenolic OH excluding ortho intramolecular Hbond substituents is 1. The van der Waals surface area contributed by atoms with Crippen LogP contribution >= 0.6 is 0 Å². The van der Waals surface area contributed by atoms with Gasteiger partial charge in [-0.2, -0.15) is 5.10 Å². The zero-order valence-corrected chi connectivity index (χ0v) is 19.2. The van der Waals surface area contributed by atoms with Crippen LogP contribution in [0.3, 0.4) is 0 Å². The average molecular weight is 449 g/mol. The fourth-order valence-corrected chi connectivity index (χ4v) is 5.17. The molecule has 1 atom stereocenters. The summed E-state index contributed by atoms with van der Waals surface area (Å²) in [6, 6.07) is 7.86. The molecule has 0 unspecified atom stereocenters. The van der Waals surface area contributed by atoms with Crippen molar-refractivity contribution in [2.75, 3.05) is 31.1 Å². The molecule has 0 aliphatic carbocycles. The third kappa shape index (κ3) is 4.45. The summed E-state index contributed by atoms with van der Waals surface area (Å²) < 4.78 is 1.92. The highest BCUT2D eigenvalue weighted by atomic mass is 16.3. The lowest BCUT2D eigenvalue weighted by molar-refractivity contribution is 0.224. The van der Waals surface area contributed by atoms with E-state index in [0.717, 1.165) is 66.5 Å². The first kappa shape index (κ1) is 21.9. The molecule has 0 amide bonds. The molecule has 2 aromatic heterocycles. The predicted molar refractivity (Wildman–Crippen MR) is 127 cm³/mol. The Hall–Kier alpha value is -2.97. The number of hydrogen-bond donors (Lipinski definition) is 2. The van der Waals surface area contributed by atoms with Crippen LogP contribution < -0.4 is 4.90 Å². The summed E-state index contributed by atoms with van der Waals surface area (Å²) >= 11 is 0. The first-order valence-electron chi connectivity index (χ1n) is 11.9. The Balaban J connectivity index is 1.50. The van der Waals surface area contributed by atoms with Gasteiger partial charge in [-0.15, -0.1) is 0 Å². The van der Waals surface area contributed by atoms with E-state index in [1.165, 1.54) is 12.8 Å². The first-order valence-corrected chi connectivity index (χ1v) is 11.9. The second-order valence-corrected chi connectivity index (χ2v) is 9.09. The Labute approximate surface area is 194 Å². The number of aryl methyl sites for hydroxylation is 1. The fourth-order valence-electron chi connectivity index (χ4n) is 5.17. The van der Waals surface area contributed by atoms with Gasteiger partial charge < -0.3 is 15.1 Å². The number of aliphatic hydroxyl groups excluding tert-OH is 1. The van der Waals surface area contributed by atoms with Crippen molar-refractivity contribution in [2.45, 2.75) is 51.7 Å². The lowest BCUT2D eigenvalue weighted by Crippen LogP contribution is -2.26. The number of nitrogens with zero attached hydrogens (tertiary/aromatic N) is 6. The largest absolute Gasteiger partial charge is 0.508 e. The maximum absolute atomic E-state index is 10.4. The summed E-state index contributed by atoms with van der Waals surface area (Å²) in [5.41, 5.74) is 5.03. The maximum Gasteiger partial charge on any atom is 0.225 e. The fraction of sp³-hybridized carbons (Fsp3) is 0.480. The van der Waals surface area contributed by atoms with Crippen molar-refractivity contribution < 1.29 is 10.2 Å². The van der Waals surface area contributed by atoms with Gasteiger partial charge in [-0.3, -0.25) is 9.58 Å². The smallest absolute Gasteiger partial charge is 0.225 e. The average Bonchev–Trinajstić information content (AvgIpc) is 3.58. The van der Waals surface area contributed by atoms with E-state index in [1.807, 2.05) is 36.1 Å². The second kappa shape index (κ2) is 9.49. The van der Waals surface area contributed by atoms with E-state index in [0.29, 0.717) is 18.8 Å². The van der Waals surface area contributed by atoms with Crippen molar-refractivity contribution >= 4 is 5.95 Å². The number of aromatic nitrogens is 4. The highest BCUT2D eigenvalue weighted by Gasteiger charge is 2.32. The van der Waals surface area contributed by atoms with Gasteiger partial charge in [-0.25, -0.2) is 9.97 Å². The number of anilines is 1. The molecule has 3 aromatic rings. The number of aliphatic hydroxyl groups is 1. The normalized spacial score (nSPS) is 19.0. The summed E-state index contributed by atoms with van der Waals surface area (Å²) in [7, 11) is 0. The standard InChI is InChI=1S/C25H32N6O2/c1-18-6-7-23(33)19(15-18)17-30-12-4-5-22(30)24-20(16-27-31(24)13-14-32)21-8-9-26-25(28-21)29-10-2-3-11-29/h6-9,15-16,22,32-33H,2-5,10-14,17H2,1H3/t22-/m1/s1. The van der Waals surface area contributed by atoms with Gasteiger partial charge in [0.2, 0.25) is 5.95 Å². The molecule has 2 aliphatic heterocycles. The van der Waals surface area contributed by atoms with Crippen molar-refractivity contribution in [2.24, 2.45) is 0 Å². The molecule has 2 saturated heterocycles. The van der Waals surface area contributed by atoms with E-state index in [2.05, 4.69) is 25.9 Å². The Morgan fingerprint density at radius 2 is 1.94 bits per heavy atom. The van der Waals surface area contributed by atoms with Gasteiger partial charge in [0.05, 0.1) is 36.8 Å². The summed E-state index contributed by atoms with van der Waals surface area (Å²) in [4.78, 5) is 14.1. The summed E-state index contributed by atoms with van der Waals surface area (Å²) in [6.45, 7) is 6.13. The van der Waals surface area contributed by atoms with Crippen LogP contribution in [0, 0.1) is 6.92 Å². The Bertz CT molecular complexity index is 1110. The van der Waals surface area contributed by atoms with Gasteiger partial charge in [-0.1, -0.05) is 17.7 Å². The molecule has 2 aliphatic rings. The molecule has 2 fully saturated rings. The van der Waals surface area contributed by atoms with Gasteiger partial charge in [-0.05, 0) is 51.3 Å². The van der Waals surface area contributed by atoms with E-state index >= 15 is 0 Å². The summed E-state index contributed by atoms with van der Waals surface area (Å²) in [5.74, 6) is 1.11. The van der Waals surface area contributed by atoms with E-state index in [1.54, 1.807) is 6.07 Å². The monoisotopic (exact) mass is 448 g/mol. The van der Waals surface area contributed by atoms with Gasteiger partial charge >= 0.3 is 0 Å². The number of benzene rings is 1. The Kier molecular flexibility index (Phi) is 6.28. The molecule has 8 nitrogen and oxygen atoms in total. The van der Waals surface area contributed by atoms with Gasteiger partial charge in [0, 0.05) is 37.0 Å². The molecule has 1 aromatic carbocycles. The third-order valence-corrected chi connectivity index (χ3v) is 6.79. The van der Waals surface area contributed by atoms with Crippen molar-refractivity contribution in [3.8, 4) is 17.0 Å². The van der Waals surface area contributed by atoms with Crippen LogP contribution in [0.5, 0.6) is 5.75 Å². The molecule has 0 radical (unpaired) electrons. The molecular weight excluding hydrogens is 416 g/mol. The minimum absolute atomic E-state index is 0.0301. The number of aromatic hydroxyl groups is 1. The van der Waals surface area contributed by atoms with E-state index in [4.69, 9.17) is 4.98 Å². The van der Waals surface area contributed by atoms with Crippen molar-refractivity contribution in [3.63, 3.8) is 0 Å². The summed E-state index contributed by atoms with van der Waals surface area (Å²) in [6.07, 6.45) is 8.14. The van der Waals surface area contributed by atoms with Crippen molar-refractivity contribution in [3.05, 3.63) is 53.5 Å². The SMILES string of the molecule is Cc1ccc(O)c(CN2CCC[C@@H]2c2c(-c3ccnc(N4CCCC4)n3)cnn2CCO)c1.